The molecule has 4 heteroatoms. The summed E-state index contributed by atoms with van der Waals surface area (Å²) in [7, 11) is 1.66. The van der Waals surface area contributed by atoms with E-state index in [1.807, 2.05) is 19.1 Å². The van der Waals surface area contributed by atoms with Gasteiger partial charge in [-0.05, 0) is 59.1 Å². The first kappa shape index (κ1) is 16.8. The van der Waals surface area contributed by atoms with Crippen molar-refractivity contribution >= 4 is 15.9 Å². The molecule has 0 saturated carbocycles. The van der Waals surface area contributed by atoms with Crippen molar-refractivity contribution in [3.8, 4) is 11.5 Å². The molecule has 3 nitrogen and oxygen atoms in total. The molecule has 0 aromatic heterocycles. The summed E-state index contributed by atoms with van der Waals surface area (Å²) in [4.78, 5) is 0. The van der Waals surface area contributed by atoms with Crippen LogP contribution < -0.4 is 14.8 Å². The molecular weight excluding hydrogens is 342 g/mol. The molecule has 0 aliphatic heterocycles. The summed E-state index contributed by atoms with van der Waals surface area (Å²) in [5.74, 6) is 1.52. The van der Waals surface area contributed by atoms with Crippen molar-refractivity contribution in [2.24, 2.45) is 0 Å². The highest BCUT2D eigenvalue weighted by Crippen LogP contribution is 2.36. The minimum atomic E-state index is 0.615. The molecule has 0 aliphatic rings. The van der Waals surface area contributed by atoms with Crippen LogP contribution in [0.25, 0.3) is 0 Å². The Balaban J connectivity index is 1.91. The Bertz CT molecular complexity index is 587. The average Bonchev–Trinajstić information content (AvgIpc) is 2.55. The highest BCUT2D eigenvalue weighted by atomic mass is 79.9. The van der Waals surface area contributed by atoms with Crippen molar-refractivity contribution in [3.05, 3.63) is 58.1 Å². The minimum Gasteiger partial charge on any atom is -0.493 e. The third-order valence-corrected chi connectivity index (χ3v) is 3.93. The number of rotatable bonds is 8. The predicted molar refractivity (Wildman–Crippen MR) is 93.7 cm³/mol. The summed E-state index contributed by atoms with van der Waals surface area (Å²) in [6, 6.07) is 14.6. The monoisotopic (exact) mass is 363 g/mol. The van der Waals surface area contributed by atoms with Crippen LogP contribution >= 0.6 is 15.9 Å². The van der Waals surface area contributed by atoms with Crippen LogP contribution in [0.2, 0.25) is 0 Å². The van der Waals surface area contributed by atoms with E-state index in [0.717, 1.165) is 35.5 Å². The van der Waals surface area contributed by atoms with E-state index in [9.17, 15) is 0 Å². The molecule has 0 atom stereocenters. The fourth-order valence-electron chi connectivity index (χ4n) is 2.27. The molecule has 0 bridgehead atoms. The van der Waals surface area contributed by atoms with Gasteiger partial charge in [-0.1, -0.05) is 30.3 Å². The molecule has 0 heterocycles. The molecule has 0 amide bonds. The largest absolute Gasteiger partial charge is 0.493 e. The minimum absolute atomic E-state index is 0.615. The summed E-state index contributed by atoms with van der Waals surface area (Å²) in [5, 5.41) is 3.46. The summed E-state index contributed by atoms with van der Waals surface area (Å²) in [5.41, 5.74) is 2.51. The molecule has 1 N–H and O–H groups in total. The maximum absolute atomic E-state index is 5.60. The van der Waals surface area contributed by atoms with Gasteiger partial charge in [0.05, 0.1) is 18.2 Å². The fraction of sp³-hybridized carbons (Fsp3) is 0.333. The second-order valence-electron chi connectivity index (χ2n) is 4.95. The highest BCUT2D eigenvalue weighted by molar-refractivity contribution is 9.10. The quantitative estimate of drug-likeness (QED) is 0.713. The standard InChI is InChI=1S/C18H22BrNO2/c1-3-22-18-16(19)11-15(12-17(18)21-2)13-20-10-9-14-7-5-4-6-8-14/h4-8,11-12,20H,3,9-10,13H2,1-2H3. The molecule has 2 aromatic carbocycles. The van der Waals surface area contributed by atoms with Gasteiger partial charge in [-0.2, -0.15) is 0 Å². The van der Waals surface area contributed by atoms with Crippen LogP contribution in [0.3, 0.4) is 0 Å². The second-order valence-corrected chi connectivity index (χ2v) is 5.81. The molecule has 0 aliphatic carbocycles. The maximum Gasteiger partial charge on any atom is 0.175 e. The zero-order chi connectivity index (χ0) is 15.8. The van der Waals surface area contributed by atoms with E-state index in [4.69, 9.17) is 9.47 Å². The number of hydrogen-bond donors (Lipinski definition) is 1. The normalized spacial score (nSPS) is 10.5. The van der Waals surface area contributed by atoms with Crippen LogP contribution in [-0.2, 0) is 13.0 Å². The lowest BCUT2D eigenvalue weighted by Gasteiger charge is -2.13. The van der Waals surface area contributed by atoms with Gasteiger partial charge in [-0.3, -0.25) is 0 Å². The number of nitrogens with one attached hydrogen (secondary N) is 1. The SMILES string of the molecule is CCOc1c(Br)cc(CNCCc2ccccc2)cc1OC. The van der Waals surface area contributed by atoms with Gasteiger partial charge in [0, 0.05) is 6.54 Å². The molecule has 0 spiro atoms. The lowest BCUT2D eigenvalue weighted by atomic mass is 10.1. The fourth-order valence-corrected chi connectivity index (χ4v) is 2.87. The number of methoxy groups -OCH3 is 1. The Morgan fingerprint density at radius 3 is 2.55 bits per heavy atom. The van der Waals surface area contributed by atoms with Crippen LogP contribution in [0.5, 0.6) is 11.5 Å². The topological polar surface area (TPSA) is 30.5 Å². The van der Waals surface area contributed by atoms with Gasteiger partial charge in [0.2, 0.25) is 0 Å². The first-order chi connectivity index (χ1) is 10.7. The van der Waals surface area contributed by atoms with Gasteiger partial charge in [0.15, 0.2) is 11.5 Å². The smallest absolute Gasteiger partial charge is 0.175 e. The van der Waals surface area contributed by atoms with Gasteiger partial charge in [0.25, 0.3) is 0 Å². The van der Waals surface area contributed by atoms with Gasteiger partial charge in [0.1, 0.15) is 0 Å². The van der Waals surface area contributed by atoms with E-state index in [2.05, 4.69) is 51.6 Å². The van der Waals surface area contributed by atoms with Crippen LogP contribution in [0, 0.1) is 0 Å². The third kappa shape index (κ3) is 4.75. The zero-order valence-corrected chi connectivity index (χ0v) is 14.7. The molecule has 0 fully saturated rings. The molecule has 2 aromatic rings. The number of hydrogen-bond acceptors (Lipinski definition) is 3. The maximum atomic E-state index is 5.60. The van der Waals surface area contributed by atoms with Gasteiger partial charge in [-0.15, -0.1) is 0 Å². The van der Waals surface area contributed by atoms with Crippen molar-refractivity contribution in [1.29, 1.82) is 0 Å². The van der Waals surface area contributed by atoms with Crippen LogP contribution in [0.15, 0.2) is 46.9 Å². The summed E-state index contributed by atoms with van der Waals surface area (Å²) < 4.78 is 11.9. The van der Waals surface area contributed by atoms with E-state index in [0.29, 0.717) is 6.61 Å². The lowest BCUT2D eigenvalue weighted by Crippen LogP contribution is -2.16. The van der Waals surface area contributed by atoms with Crippen LogP contribution in [-0.4, -0.2) is 20.3 Å². The van der Waals surface area contributed by atoms with Crippen molar-refractivity contribution in [3.63, 3.8) is 0 Å². The molecule has 0 unspecified atom stereocenters. The van der Waals surface area contributed by atoms with Gasteiger partial charge < -0.3 is 14.8 Å². The Morgan fingerprint density at radius 2 is 1.86 bits per heavy atom. The first-order valence-corrected chi connectivity index (χ1v) is 8.27. The lowest BCUT2D eigenvalue weighted by molar-refractivity contribution is 0.308. The Morgan fingerprint density at radius 1 is 1.09 bits per heavy atom. The highest BCUT2D eigenvalue weighted by Gasteiger charge is 2.10. The van der Waals surface area contributed by atoms with Gasteiger partial charge >= 0.3 is 0 Å². The molecule has 2 rings (SSSR count). The van der Waals surface area contributed by atoms with Crippen LogP contribution in [0.1, 0.15) is 18.1 Å². The third-order valence-electron chi connectivity index (χ3n) is 3.34. The van der Waals surface area contributed by atoms with Gasteiger partial charge in [-0.25, -0.2) is 0 Å². The van der Waals surface area contributed by atoms with E-state index >= 15 is 0 Å². The Labute approximate surface area is 140 Å². The Kier molecular flexibility index (Phi) is 6.74. The molecular formula is C18H22BrNO2. The molecule has 22 heavy (non-hydrogen) atoms. The summed E-state index contributed by atoms with van der Waals surface area (Å²) in [6.45, 7) is 4.32. The molecule has 0 radical (unpaired) electrons. The average molecular weight is 364 g/mol. The van der Waals surface area contributed by atoms with E-state index in [1.54, 1.807) is 7.11 Å². The van der Waals surface area contributed by atoms with Crippen molar-refractivity contribution < 1.29 is 9.47 Å². The van der Waals surface area contributed by atoms with E-state index in [-0.39, 0.29) is 0 Å². The first-order valence-electron chi connectivity index (χ1n) is 7.48. The van der Waals surface area contributed by atoms with Crippen molar-refractivity contribution in [2.45, 2.75) is 19.9 Å². The van der Waals surface area contributed by atoms with Crippen molar-refractivity contribution in [1.82, 2.24) is 5.32 Å². The Hall–Kier alpha value is -1.52. The number of ether oxygens (including phenoxy) is 2. The molecule has 0 saturated heterocycles. The number of halogens is 1. The molecule has 118 valence electrons. The van der Waals surface area contributed by atoms with Crippen molar-refractivity contribution in [2.75, 3.05) is 20.3 Å². The second kappa shape index (κ2) is 8.81. The van der Waals surface area contributed by atoms with E-state index in [1.165, 1.54) is 11.1 Å². The predicted octanol–water partition coefficient (Wildman–Crippen LogP) is 4.19. The summed E-state index contributed by atoms with van der Waals surface area (Å²) in [6.07, 6.45) is 1.02. The number of benzene rings is 2. The van der Waals surface area contributed by atoms with E-state index < -0.39 is 0 Å². The van der Waals surface area contributed by atoms with Crippen LogP contribution in [0.4, 0.5) is 0 Å². The zero-order valence-electron chi connectivity index (χ0n) is 13.1. The summed E-state index contributed by atoms with van der Waals surface area (Å²) >= 11 is 3.55.